The summed E-state index contributed by atoms with van der Waals surface area (Å²) in [5.41, 5.74) is 34.5. The molecule has 14 heterocycles. The Balaban J connectivity index is 0.000000101. The molecule has 0 radical (unpaired) electrons. The number of hydrogen-bond acceptors (Lipinski definition) is 5. The molecule has 0 N–H and O–H groups in total. The minimum absolute atomic E-state index is 0.904. The number of fused-ring (bicyclic) bond motifs is 30. The molecule has 0 spiro atoms. The van der Waals surface area contributed by atoms with Gasteiger partial charge in [-0.3, -0.25) is 24.5 Å². The van der Waals surface area contributed by atoms with E-state index < -0.39 is 0 Å². The lowest BCUT2D eigenvalue weighted by Crippen LogP contribution is -1.99. The Morgan fingerprint density at radius 3 is 0.630 bits per heavy atom. The molecule has 0 saturated carbocycles. The highest BCUT2D eigenvalue weighted by atomic mass is 15.1. The van der Waals surface area contributed by atoms with Crippen LogP contribution in [0.25, 0.3) is 248 Å². The van der Waals surface area contributed by atoms with Crippen LogP contribution in [0.5, 0.6) is 0 Å². The molecule has 14 heteroatoms. The second kappa shape index (κ2) is 30.0. The average Bonchev–Trinajstić information content (AvgIpc) is 1.55. The van der Waals surface area contributed by atoms with Crippen LogP contribution in [-0.4, -0.2) is 66.0 Å². The summed E-state index contributed by atoms with van der Waals surface area (Å²) in [5.74, 6) is 0. The van der Waals surface area contributed by atoms with Crippen molar-refractivity contribution in [1.82, 2.24) is 66.0 Å². The van der Waals surface area contributed by atoms with Crippen LogP contribution in [0.4, 0.5) is 0 Å². The molecule has 14 aromatic heterocycles. The van der Waals surface area contributed by atoms with Gasteiger partial charge in [0.15, 0.2) is 0 Å². The van der Waals surface area contributed by atoms with E-state index in [1.165, 1.54) is 137 Å². The van der Waals surface area contributed by atoms with Crippen molar-refractivity contribution in [1.29, 1.82) is 0 Å². The minimum atomic E-state index is 0.904. The summed E-state index contributed by atoms with van der Waals surface area (Å²) in [7, 11) is 0. The molecule has 14 nitrogen and oxygen atoms in total. The standard InChI is InChI=1S/C41H26N4.2C40H25N5/c1-2-12-27(13-3-1)43-33-19-7-4-16-30(33)39-36(43)23-24-37-40(39)31-17-5-8-20-34(31)44(37)28-14-10-15-29(26-28)45-35-21-9-6-18-32(35)41-38(45)22-11-25-42-41;1-2-11-26(12-3-1)43-32-18-6-4-15-29(32)37-34(43)21-22-35-38(37)30-16-5-7-19-33(30)44(35)27-13-8-14-28(25-27)45-36-20-10-23-41-39(36)31-17-9-24-42-40(31)45;1-2-11-26(12-3-1)43-31-17-6-4-15-29(31)37-33(43)21-22-34-38(37)30-16-5-7-18-32(30)44(34)27-13-8-14-28(25-27)45-35-19-9-23-41-39(35)40-36(45)20-10-24-42-40/h1-26H;2*1-25H. The number of aromatic nitrogens is 14. The predicted molar refractivity (Wildman–Crippen MR) is 557 cm³/mol. The molecule has 0 unspecified atom stereocenters. The molecule has 0 saturated heterocycles. The molecule has 135 heavy (non-hydrogen) atoms. The average molecular weight is 1730 g/mol. The highest BCUT2D eigenvalue weighted by molar-refractivity contribution is 6.32. The van der Waals surface area contributed by atoms with Gasteiger partial charge in [-0.15, -0.1) is 0 Å². The van der Waals surface area contributed by atoms with Gasteiger partial charge in [0, 0.05) is 158 Å². The highest BCUT2D eigenvalue weighted by Crippen LogP contribution is 2.48. The molecule has 0 aliphatic carbocycles. The van der Waals surface area contributed by atoms with Crippen molar-refractivity contribution >= 4 is 197 Å². The van der Waals surface area contributed by atoms with E-state index in [1.54, 1.807) is 0 Å². The van der Waals surface area contributed by atoms with Crippen LogP contribution in [0.15, 0.2) is 462 Å². The van der Waals surface area contributed by atoms with Crippen molar-refractivity contribution in [3.8, 4) is 51.2 Å². The fourth-order valence-corrected chi connectivity index (χ4v) is 22.2. The van der Waals surface area contributed by atoms with E-state index in [9.17, 15) is 0 Å². The molecule has 0 fully saturated rings. The maximum Gasteiger partial charge on any atom is 0.147 e. The Morgan fingerprint density at radius 1 is 0.119 bits per heavy atom. The topological polar surface area (TPSA) is 109 Å². The van der Waals surface area contributed by atoms with E-state index in [2.05, 4.69) is 441 Å². The molecular weight excluding hydrogens is 1650 g/mol. The number of pyridine rings is 5. The number of para-hydroxylation sites is 10. The van der Waals surface area contributed by atoms with Gasteiger partial charge < -0.3 is 36.5 Å². The summed E-state index contributed by atoms with van der Waals surface area (Å²) >= 11 is 0. The minimum Gasteiger partial charge on any atom is -0.309 e. The number of hydrogen-bond donors (Lipinski definition) is 0. The van der Waals surface area contributed by atoms with Crippen molar-refractivity contribution in [3.63, 3.8) is 0 Å². The van der Waals surface area contributed by atoms with Gasteiger partial charge in [-0.25, -0.2) is 4.98 Å². The summed E-state index contributed by atoms with van der Waals surface area (Å²) < 4.78 is 21.2. The lowest BCUT2D eigenvalue weighted by Gasteiger charge is -2.13. The normalized spacial score (nSPS) is 12.0. The van der Waals surface area contributed by atoms with Gasteiger partial charge in [-0.1, -0.05) is 200 Å². The van der Waals surface area contributed by atoms with Crippen molar-refractivity contribution in [2.45, 2.75) is 0 Å². The van der Waals surface area contributed by atoms with Gasteiger partial charge in [-0.05, 0) is 231 Å². The molecule has 0 atom stereocenters. The van der Waals surface area contributed by atoms with Crippen molar-refractivity contribution in [2.75, 3.05) is 0 Å². The maximum absolute atomic E-state index is 4.79. The van der Waals surface area contributed by atoms with E-state index in [0.29, 0.717) is 0 Å². The predicted octanol–water partition coefficient (Wildman–Crippen LogP) is 29.9. The van der Waals surface area contributed by atoms with Crippen LogP contribution >= 0.6 is 0 Å². The SMILES string of the molecule is c1ccc(-n2c3ccccc3c3c4c5ccccc5n(-c5cccc(-n6c7ccccc7c7ncccc76)c5)c4ccc32)cc1.c1ccc(-n2c3ccccc3c3c4c5ccccc5n(-c5cccc(-n6c7cccnc7c7cccnc76)c5)c4ccc32)cc1.c1ccc(-n2c3ccccc3c3c4c5ccccc5n(-c5cccc(-n6c7cccnc7c7ncccc76)c5)c4ccc32)cc1. The van der Waals surface area contributed by atoms with E-state index in [-0.39, 0.29) is 0 Å². The number of nitrogens with zero attached hydrogens (tertiary/aromatic N) is 14. The first kappa shape index (κ1) is 75.4. The smallest absolute Gasteiger partial charge is 0.147 e. The molecule has 30 aromatic rings. The molecule has 0 aliphatic rings. The zero-order valence-electron chi connectivity index (χ0n) is 72.6. The maximum atomic E-state index is 4.79. The monoisotopic (exact) mass is 1720 g/mol. The van der Waals surface area contributed by atoms with Crippen LogP contribution in [0.2, 0.25) is 0 Å². The quantitative estimate of drug-likeness (QED) is 0.143. The lowest BCUT2D eigenvalue weighted by atomic mass is 10.1. The first-order valence-electron chi connectivity index (χ1n) is 45.7. The van der Waals surface area contributed by atoms with E-state index >= 15 is 0 Å². The zero-order chi connectivity index (χ0) is 88.5. The van der Waals surface area contributed by atoms with E-state index in [4.69, 9.17) is 24.9 Å². The molecule has 30 rings (SSSR count). The highest BCUT2D eigenvalue weighted by Gasteiger charge is 2.28. The summed E-state index contributed by atoms with van der Waals surface area (Å²) in [6, 6.07) is 154. The molecular formula is C121H76N14. The second-order valence-corrected chi connectivity index (χ2v) is 34.6. The van der Waals surface area contributed by atoms with E-state index in [0.717, 1.165) is 112 Å². The Hall–Kier alpha value is -18.5. The number of benzene rings is 16. The van der Waals surface area contributed by atoms with E-state index in [1.807, 2.05) is 61.3 Å². The molecule has 0 amide bonds. The van der Waals surface area contributed by atoms with Crippen LogP contribution in [0.1, 0.15) is 0 Å². The summed E-state index contributed by atoms with van der Waals surface area (Å²) in [6.07, 6.45) is 9.26. The molecule has 630 valence electrons. The number of rotatable bonds is 9. The Bertz CT molecular complexity index is 9040. The Morgan fingerprint density at radius 2 is 0.311 bits per heavy atom. The third kappa shape index (κ3) is 11.3. The second-order valence-electron chi connectivity index (χ2n) is 34.6. The van der Waals surface area contributed by atoms with Crippen molar-refractivity contribution < 1.29 is 0 Å². The van der Waals surface area contributed by atoms with Gasteiger partial charge in [0.1, 0.15) is 16.7 Å². The van der Waals surface area contributed by atoms with Crippen LogP contribution in [0, 0.1) is 0 Å². The Kier molecular flexibility index (Phi) is 16.8. The van der Waals surface area contributed by atoms with Gasteiger partial charge >= 0.3 is 0 Å². The third-order valence-electron chi connectivity index (χ3n) is 27.5. The largest absolute Gasteiger partial charge is 0.309 e. The summed E-state index contributed by atoms with van der Waals surface area (Å²) in [6.45, 7) is 0. The third-order valence-corrected chi connectivity index (χ3v) is 27.5. The fraction of sp³-hybridized carbons (Fsp3) is 0. The first-order valence-corrected chi connectivity index (χ1v) is 45.7. The van der Waals surface area contributed by atoms with Gasteiger partial charge in [0.05, 0.1) is 105 Å². The van der Waals surface area contributed by atoms with Gasteiger partial charge in [0.2, 0.25) is 0 Å². The fourth-order valence-electron chi connectivity index (χ4n) is 22.2. The van der Waals surface area contributed by atoms with Gasteiger partial charge in [0.25, 0.3) is 0 Å². The summed E-state index contributed by atoms with van der Waals surface area (Å²) in [4.78, 5) is 23.7. The molecule has 16 aromatic carbocycles. The molecule has 0 bridgehead atoms. The van der Waals surface area contributed by atoms with Crippen LogP contribution < -0.4 is 0 Å². The lowest BCUT2D eigenvalue weighted by molar-refractivity contribution is 1.11. The summed E-state index contributed by atoms with van der Waals surface area (Å²) in [5, 5.41) is 17.3. The Labute approximate surface area is 770 Å². The van der Waals surface area contributed by atoms with Crippen molar-refractivity contribution in [3.05, 3.63) is 462 Å². The van der Waals surface area contributed by atoms with Crippen LogP contribution in [-0.2, 0) is 0 Å². The first-order chi connectivity index (χ1) is 67.1. The van der Waals surface area contributed by atoms with Crippen LogP contribution in [0.3, 0.4) is 0 Å². The zero-order valence-corrected chi connectivity index (χ0v) is 72.6. The van der Waals surface area contributed by atoms with Crippen molar-refractivity contribution in [2.24, 2.45) is 0 Å². The molecule has 0 aliphatic heterocycles. The van der Waals surface area contributed by atoms with Gasteiger partial charge in [-0.2, -0.15) is 0 Å².